The van der Waals surface area contributed by atoms with E-state index in [2.05, 4.69) is 26.3 Å². The summed E-state index contributed by atoms with van der Waals surface area (Å²) in [6, 6.07) is 6.17. The number of amides is 1. The van der Waals surface area contributed by atoms with Crippen LogP contribution in [0.3, 0.4) is 0 Å². The Labute approximate surface area is 170 Å². The van der Waals surface area contributed by atoms with Gasteiger partial charge in [0.05, 0.1) is 28.0 Å². The number of nitrogens with one attached hydrogen (secondary N) is 2. The van der Waals surface area contributed by atoms with Gasteiger partial charge in [-0.2, -0.15) is 0 Å². The summed E-state index contributed by atoms with van der Waals surface area (Å²) in [7, 11) is 0. The Morgan fingerprint density at radius 2 is 2.18 bits per heavy atom. The normalized spacial score (nSPS) is 14.3. The molecule has 0 atom stereocenters. The highest BCUT2D eigenvalue weighted by molar-refractivity contribution is 7.16. The van der Waals surface area contributed by atoms with Crippen LogP contribution in [0.25, 0.3) is 32.2 Å². The molecule has 3 heterocycles. The molecule has 1 aliphatic rings. The predicted molar refractivity (Wildman–Crippen MR) is 112 cm³/mol. The van der Waals surface area contributed by atoms with Gasteiger partial charge in [-0.05, 0) is 31.9 Å². The molecule has 1 fully saturated rings. The third kappa shape index (κ3) is 3.22. The molecular weight excluding hydrogens is 390 g/mol. The van der Waals surface area contributed by atoms with Gasteiger partial charge in [0.1, 0.15) is 16.5 Å². The molecule has 2 N–H and O–H groups in total. The lowest BCUT2D eigenvalue weighted by Gasteiger charge is -2.23. The zero-order chi connectivity index (χ0) is 19.1. The Morgan fingerprint density at radius 1 is 1.29 bits per heavy atom. The summed E-state index contributed by atoms with van der Waals surface area (Å²) in [5.74, 6) is 1.04. The van der Waals surface area contributed by atoms with Gasteiger partial charge in [-0.3, -0.25) is 4.79 Å². The van der Waals surface area contributed by atoms with E-state index in [1.807, 2.05) is 29.9 Å². The van der Waals surface area contributed by atoms with Crippen LogP contribution < -0.4 is 5.32 Å². The molecule has 4 aromatic rings. The summed E-state index contributed by atoms with van der Waals surface area (Å²) in [6.07, 6.45) is 3.14. The lowest BCUT2D eigenvalue weighted by atomic mass is 9.85. The molecule has 5 rings (SSSR count). The number of aromatic nitrogens is 4. The van der Waals surface area contributed by atoms with Crippen LogP contribution in [0.15, 0.2) is 29.1 Å². The third-order valence-corrected chi connectivity index (χ3v) is 6.87. The van der Waals surface area contributed by atoms with Gasteiger partial charge in [0.25, 0.3) is 0 Å². The van der Waals surface area contributed by atoms with Crippen molar-refractivity contribution in [3.8, 4) is 22.0 Å². The number of fused-ring (bicyclic) bond motifs is 1. The molecule has 0 saturated heterocycles. The maximum Gasteiger partial charge on any atom is 0.223 e. The van der Waals surface area contributed by atoms with Gasteiger partial charge in [-0.15, -0.1) is 22.7 Å². The average Bonchev–Trinajstić information content (AvgIpc) is 3.36. The number of aromatic amines is 1. The molecule has 3 aromatic heterocycles. The number of H-pyrrole nitrogens is 1. The Balaban J connectivity index is 1.50. The minimum Gasteiger partial charge on any atom is -0.349 e. The Kier molecular flexibility index (Phi) is 4.44. The van der Waals surface area contributed by atoms with Gasteiger partial charge >= 0.3 is 0 Å². The van der Waals surface area contributed by atoms with Crippen molar-refractivity contribution >= 4 is 38.8 Å². The molecule has 1 amide bonds. The molecule has 8 heteroatoms. The molecule has 6 nitrogen and oxygen atoms in total. The van der Waals surface area contributed by atoms with E-state index in [-0.39, 0.29) is 11.8 Å². The van der Waals surface area contributed by atoms with E-state index in [0.29, 0.717) is 6.54 Å². The van der Waals surface area contributed by atoms with Crippen LogP contribution in [-0.4, -0.2) is 25.8 Å². The van der Waals surface area contributed by atoms with Crippen molar-refractivity contribution in [2.24, 2.45) is 5.92 Å². The average molecular weight is 410 g/mol. The van der Waals surface area contributed by atoms with Crippen molar-refractivity contribution in [3.05, 3.63) is 40.6 Å². The topological polar surface area (TPSA) is 83.6 Å². The largest absolute Gasteiger partial charge is 0.349 e. The van der Waals surface area contributed by atoms with E-state index in [1.54, 1.807) is 22.7 Å². The Hall–Kier alpha value is -2.58. The van der Waals surface area contributed by atoms with Gasteiger partial charge < -0.3 is 10.3 Å². The first-order valence-corrected chi connectivity index (χ1v) is 11.1. The maximum absolute atomic E-state index is 12.2. The number of hydrogen-bond acceptors (Lipinski definition) is 6. The summed E-state index contributed by atoms with van der Waals surface area (Å²) in [5, 5.41) is 5.95. The molecule has 0 bridgehead atoms. The van der Waals surface area contributed by atoms with E-state index >= 15 is 0 Å². The molecule has 0 radical (unpaired) electrons. The highest BCUT2D eigenvalue weighted by Crippen LogP contribution is 2.34. The number of carbonyl (C=O) groups is 1. The first-order valence-electron chi connectivity index (χ1n) is 9.30. The smallest absolute Gasteiger partial charge is 0.223 e. The molecule has 1 aliphatic carbocycles. The van der Waals surface area contributed by atoms with Gasteiger partial charge in [-0.25, -0.2) is 15.0 Å². The Bertz CT molecular complexity index is 1150. The van der Waals surface area contributed by atoms with Crippen molar-refractivity contribution in [2.45, 2.75) is 32.7 Å². The van der Waals surface area contributed by atoms with Crippen LogP contribution in [0.5, 0.6) is 0 Å². The molecule has 0 aliphatic heterocycles. The van der Waals surface area contributed by atoms with Gasteiger partial charge in [0.2, 0.25) is 5.91 Å². The summed E-state index contributed by atoms with van der Waals surface area (Å²) in [5.41, 5.74) is 6.60. The lowest BCUT2D eigenvalue weighted by molar-refractivity contribution is -0.127. The van der Waals surface area contributed by atoms with Crippen LogP contribution in [0.4, 0.5) is 0 Å². The molecular formula is C20H19N5OS2. The summed E-state index contributed by atoms with van der Waals surface area (Å²) in [4.78, 5) is 29.4. The van der Waals surface area contributed by atoms with Crippen molar-refractivity contribution in [2.75, 3.05) is 0 Å². The van der Waals surface area contributed by atoms with Crippen molar-refractivity contribution in [1.29, 1.82) is 0 Å². The first kappa shape index (κ1) is 17.5. The van der Waals surface area contributed by atoms with Gasteiger partial charge in [0, 0.05) is 22.6 Å². The number of carbonyl (C=O) groups excluding carboxylic acids is 1. The number of imidazole rings is 1. The van der Waals surface area contributed by atoms with E-state index in [9.17, 15) is 4.79 Å². The SMILES string of the molecule is Cc1csc(-c2[nH]c(CNC(=O)C3CCC3)nc2-c2ccc3ncsc3c2)n1. The zero-order valence-electron chi connectivity index (χ0n) is 15.4. The van der Waals surface area contributed by atoms with Crippen LogP contribution in [0.1, 0.15) is 30.8 Å². The van der Waals surface area contributed by atoms with Crippen LogP contribution in [0, 0.1) is 12.8 Å². The molecule has 1 saturated carbocycles. The summed E-state index contributed by atoms with van der Waals surface area (Å²) >= 11 is 3.21. The second-order valence-corrected chi connectivity index (χ2v) is 8.83. The minimum atomic E-state index is 0.127. The van der Waals surface area contributed by atoms with E-state index in [4.69, 9.17) is 4.98 Å². The second-order valence-electron chi connectivity index (χ2n) is 7.08. The summed E-state index contributed by atoms with van der Waals surface area (Å²) < 4.78 is 1.13. The highest BCUT2D eigenvalue weighted by atomic mass is 32.1. The second kappa shape index (κ2) is 7.10. The molecule has 0 unspecified atom stereocenters. The monoisotopic (exact) mass is 409 g/mol. The lowest BCUT2D eigenvalue weighted by Crippen LogP contribution is -2.34. The van der Waals surface area contributed by atoms with Gasteiger partial charge in [-0.1, -0.05) is 12.5 Å². The number of thiazole rings is 2. The Morgan fingerprint density at radius 3 is 2.93 bits per heavy atom. The van der Waals surface area contributed by atoms with Crippen molar-refractivity contribution in [1.82, 2.24) is 25.3 Å². The number of aryl methyl sites for hydroxylation is 1. The fraction of sp³-hybridized carbons (Fsp3) is 0.300. The van der Waals surface area contributed by atoms with Crippen molar-refractivity contribution < 1.29 is 4.79 Å². The van der Waals surface area contributed by atoms with E-state index < -0.39 is 0 Å². The van der Waals surface area contributed by atoms with Crippen LogP contribution >= 0.6 is 22.7 Å². The molecule has 0 spiro atoms. The third-order valence-electron chi connectivity index (χ3n) is 5.10. The number of rotatable bonds is 5. The van der Waals surface area contributed by atoms with Crippen LogP contribution in [0.2, 0.25) is 0 Å². The standard InChI is InChI=1S/C20H19N5OS2/c1-11-9-27-20(23-11)18-17(13-5-6-14-15(7-13)28-10-22-14)24-16(25-18)8-21-19(26)12-3-2-4-12/h5-7,9-10,12H,2-4,8H2,1H3,(H,21,26)(H,24,25). The van der Waals surface area contributed by atoms with Gasteiger partial charge in [0.15, 0.2) is 0 Å². The predicted octanol–water partition coefficient (Wildman–Crippen LogP) is 4.53. The van der Waals surface area contributed by atoms with E-state index in [1.165, 1.54) is 0 Å². The van der Waals surface area contributed by atoms with Crippen LogP contribution in [-0.2, 0) is 11.3 Å². The first-order chi connectivity index (χ1) is 13.7. The fourth-order valence-electron chi connectivity index (χ4n) is 3.33. The quantitative estimate of drug-likeness (QED) is 0.507. The maximum atomic E-state index is 12.2. The molecule has 142 valence electrons. The number of nitrogens with zero attached hydrogens (tertiary/aromatic N) is 3. The van der Waals surface area contributed by atoms with Crippen molar-refractivity contribution in [3.63, 3.8) is 0 Å². The molecule has 1 aromatic carbocycles. The number of hydrogen-bond donors (Lipinski definition) is 2. The highest BCUT2D eigenvalue weighted by Gasteiger charge is 2.25. The zero-order valence-corrected chi connectivity index (χ0v) is 17.0. The molecule has 28 heavy (non-hydrogen) atoms. The van der Waals surface area contributed by atoms with E-state index in [0.717, 1.165) is 63.0 Å². The minimum absolute atomic E-state index is 0.127. The fourth-order valence-corrected chi connectivity index (χ4v) is 4.84. The number of benzene rings is 1. The summed E-state index contributed by atoms with van der Waals surface area (Å²) in [6.45, 7) is 2.38.